The van der Waals surface area contributed by atoms with Gasteiger partial charge in [0, 0.05) is 18.9 Å². The summed E-state index contributed by atoms with van der Waals surface area (Å²) in [5.41, 5.74) is -0.185. The van der Waals surface area contributed by atoms with Gasteiger partial charge >= 0.3 is 5.97 Å². The van der Waals surface area contributed by atoms with Crippen molar-refractivity contribution in [1.29, 1.82) is 0 Å². The number of methoxy groups -OCH3 is 1. The smallest absolute Gasteiger partial charge is 0.337 e. The van der Waals surface area contributed by atoms with E-state index in [9.17, 15) is 9.90 Å². The molecule has 1 aliphatic rings. The molecule has 1 aliphatic carbocycles. The molecular weight excluding hydrogens is 516 g/mol. The van der Waals surface area contributed by atoms with Crippen LogP contribution in [0, 0.1) is 5.92 Å². The second kappa shape index (κ2) is 12.6. The molecule has 0 unspecified atom stereocenters. The van der Waals surface area contributed by atoms with Crippen molar-refractivity contribution in [3.05, 3.63) is 35.9 Å². The molecule has 1 saturated carbocycles. The number of esters is 1. The van der Waals surface area contributed by atoms with Crippen molar-refractivity contribution >= 4 is 22.6 Å². The molecular formula is C29H52O7Si2. The second-order valence-electron chi connectivity index (χ2n) is 13.7. The first-order valence-corrected chi connectivity index (χ1v) is 19.5. The van der Waals surface area contributed by atoms with E-state index in [4.69, 9.17) is 23.1 Å². The Balaban J connectivity index is 2.41. The molecule has 1 aromatic rings. The fourth-order valence-corrected chi connectivity index (χ4v) is 7.28. The summed E-state index contributed by atoms with van der Waals surface area (Å²) >= 11 is 0. The number of ether oxygens (including phenoxy) is 3. The number of hydrogen-bond donors (Lipinski definition) is 1. The molecule has 0 spiro atoms. The van der Waals surface area contributed by atoms with Gasteiger partial charge in [-0.3, -0.25) is 0 Å². The summed E-state index contributed by atoms with van der Waals surface area (Å²) in [5.74, 6) is -0.786. The van der Waals surface area contributed by atoms with E-state index in [1.165, 1.54) is 7.11 Å². The summed E-state index contributed by atoms with van der Waals surface area (Å²) < 4.78 is 31.3. The third-order valence-corrected chi connectivity index (χ3v) is 17.7. The van der Waals surface area contributed by atoms with E-state index in [1.54, 1.807) is 0 Å². The zero-order valence-corrected chi connectivity index (χ0v) is 27.6. The Morgan fingerprint density at radius 1 is 0.974 bits per heavy atom. The SMILES string of the molecule is COC(=O)[C@]1(O[Si](C)(C)C(C)(C)C)C[C@@H](CO)[C@@H](O[Si](C)(C)C(C)(C)C)[C@H](OCOCc2ccccc2)C1. The Kier molecular flexibility index (Phi) is 11.0. The van der Waals surface area contributed by atoms with Gasteiger partial charge in [-0.15, -0.1) is 0 Å². The lowest BCUT2D eigenvalue weighted by molar-refractivity contribution is -0.199. The number of carbonyl (C=O) groups excluding carboxylic acids is 1. The van der Waals surface area contributed by atoms with E-state index in [2.05, 4.69) is 67.7 Å². The number of aliphatic hydroxyl groups is 1. The molecule has 1 fully saturated rings. The summed E-state index contributed by atoms with van der Waals surface area (Å²) in [5, 5.41) is 10.4. The zero-order chi connectivity index (χ0) is 29.0. The van der Waals surface area contributed by atoms with Gasteiger partial charge in [0.2, 0.25) is 0 Å². The van der Waals surface area contributed by atoms with Crippen LogP contribution in [-0.2, 0) is 34.5 Å². The average Bonchev–Trinajstić information content (AvgIpc) is 2.81. The van der Waals surface area contributed by atoms with Crippen LogP contribution in [0.1, 0.15) is 59.9 Å². The highest BCUT2D eigenvalue weighted by Crippen LogP contribution is 2.48. The van der Waals surface area contributed by atoms with E-state index < -0.39 is 40.4 Å². The third kappa shape index (κ3) is 7.99. The first-order valence-electron chi connectivity index (χ1n) is 13.7. The molecule has 218 valence electrons. The number of hydrogen-bond acceptors (Lipinski definition) is 7. The van der Waals surface area contributed by atoms with Crippen LogP contribution in [0.4, 0.5) is 0 Å². The Hall–Kier alpha value is -1.08. The number of carbonyl (C=O) groups is 1. The molecule has 0 bridgehead atoms. The number of benzene rings is 1. The number of aliphatic hydroxyl groups excluding tert-OH is 1. The highest BCUT2D eigenvalue weighted by molar-refractivity contribution is 6.74. The normalized spacial score (nSPS) is 25.3. The van der Waals surface area contributed by atoms with Crippen LogP contribution in [0.2, 0.25) is 36.3 Å². The molecule has 4 atom stereocenters. The fraction of sp³-hybridized carbons (Fsp3) is 0.759. The molecule has 9 heteroatoms. The van der Waals surface area contributed by atoms with Gasteiger partial charge in [-0.1, -0.05) is 71.9 Å². The predicted molar refractivity (Wildman–Crippen MR) is 156 cm³/mol. The van der Waals surface area contributed by atoms with Crippen molar-refractivity contribution < 1.29 is 33.0 Å². The first kappa shape index (κ1) is 33.1. The van der Waals surface area contributed by atoms with E-state index >= 15 is 0 Å². The molecule has 0 aliphatic heterocycles. The molecule has 38 heavy (non-hydrogen) atoms. The standard InChI is InChI=1S/C29H52O7Si2/c1-27(2,3)37(8,9)35-25-23(19-30)17-29(26(31)32-7,36-38(10,11)28(4,5)6)18-24(25)34-21-33-20-22-15-13-12-14-16-22/h12-16,23-25,30H,17-21H2,1-11H3/t23-,24+,25+,29-/m0/s1. The fourth-order valence-electron chi connectivity index (χ4n) is 4.37. The molecule has 1 aromatic carbocycles. The minimum absolute atomic E-state index is 0.0319. The predicted octanol–water partition coefficient (Wildman–Crippen LogP) is 6.27. The zero-order valence-electron chi connectivity index (χ0n) is 25.6. The lowest BCUT2D eigenvalue weighted by Gasteiger charge is -2.52. The maximum absolute atomic E-state index is 13.4. The molecule has 0 saturated heterocycles. The lowest BCUT2D eigenvalue weighted by atomic mass is 9.75. The van der Waals surface area contributed by atoms with Gasteiger partial charge in [0.05, 0.1) is 25.9 Å². The van der Waals surface area contributed by atoms with E-state index in [0.29, 0.717) is 13.0 Å². The van der Waals surface area contributed by atoms with E-state index in [1.807, 2.05) is 30.3 Å². The maximum atomic E-state index is 13.4. The summed E-state index contributed by atoms with van der Waals surface area (Å²) in [7, 11) is -3.24. The largest absolute Gasteiger partial charge is 0.467 e. The van der Waals surface area contributed by atoms with Gasteiger partial charge in [-0.05, 0) is 48.2 Å². The van der Waals surface area contributed by atoms with Gasteiger partial charge in [-0.25, -0.2) is 4.79 Å². The topological polar surface area (TPSA) is 83.5 Å². The van der Waals surface area contributed by atoms with Gasteiger partial charge in [-0.2, -0.15) is 0 Å². The molecule has 0 radical (unpaired) electrons. The van der Waals surface area contributed by atoms with Crippen molar-refractivity contribution in [2.75, 3.05) is 20.5 Å². The summed E-state index contributed by atoms with van der Waals surface area (Å²) in [6, 6.07) is 9.91. The lowest BCUT2D eigenvalue weighted by Crippen LogP contribution is -2.63. The quantitative estimate of drug-likeness (QED) is 0.146. The van der Waals surface area contributed by atoms with E-state index in [0.717, 1.165) is 5.56 Å². The van der Waals surface area contributed by atoms with Gasteiger partial charge in [0.25, 0.3) is 0 Å². The highest BCUT2D eigenvalue weighted by atomic mass is 28.4. The minimum atomic E-state index is -2.40. The van der Waals surface area contributed by atoms with Crippen molar-refractivity contribution in [2.45, 2.75) is 115 Å². The van der Waals surface area contributed by atoms with Crippen LogP contribution in [-0.4, -0.2) is 66.0 Å². The molecule has 0 heterocycles. The minimum Gasteiger partial charge on any atom is -0.467 e. The van der Waals surface area contributed by atoms with Crippen LogP contribution in [0.25, 0.3) is 0 Å². The third-order valence-electron chi connectivity index (χ3n) is 8.72. The molecule has 0 aromatic heterocycles. The molecule has 2 rings (SSSR count). The molecule has 7 nitrogen and oxygen atoms in total. The highest BCUT2D eigenvalue weighted by Gasteiger charge is 2.58. The monoisotopic (exact) mass is 568 g/mol. The van der Waals surface area contributed by atoms with Crippen LogP contribution in [0.5, 0.6) is 0 Å². The maximum Gasteiger partial charge on any atom is 0.337 e. The summed E-state index contributed by atoms with van der Waals surface area (Å²) in [6.45, 7) is 21.9. The molecule has 0 amide bonds. The Bertz CT molecular complexity index is 892. The van der Waals surface area contributed by atoms with Crippen molar-refractivity contribution in [3.8, 4) is 0 Å². The van der Waals surface area contributed by atoms with Crippen molar-refractivity contribution in [3.63, 3.8) is 0 Å². The van der Waals surface area contributed by atoms with Gasteiger partial charge < -0.3 is 28.2 Å². The Labute approximate surface area is 232 Å². The first-order chi connectivity index (χ1) is 17.4. The summed E-state index contributed by atoms with van der Waals surface area (Å²) in [6.07, 6.45) is -0.333. The second-order valence-corrected chi connectivity index (χ2v) is 23.2. The Morgan fingerprint density at radius 3 is 2.05 bits per heavy atom. The van der Waals surface area contributed by atoms with Crippen molar-refractivity contribution in [1.82, 2.24) is 0 Å². The van der Waals surface area contributed by atoms with Crippen molar-refractivity contribution in [2.24, 2.45) is 5.92 Å². The van der Waals surface area contributed by atoms with Crippen LogP contribution >= 0.6 is 0 Å². The van der Waals surface area contributed by atoms with Crippen LogP contribution < -0.4 is 0 Å². The Morgan fingerprint density at radius 2 is 1.55 bits per heavy atom. The van der Waals surface area contributed by atoms with Crippen LogP contribution in [0.15, 0.2) is 30.3 Å². The average molecular weight is 569 g/mol. The number of rotatable bonds is 11. The van der Waals surface area contributed by atoms with Crippen LogP contribution in [0.3, 0.4) is 0 Å². The van der Waals surface area contributed by atoms with E-state index in [-0.39, 0.29) is 35.8 Å². The van der Waals surface area contributed by atoms with Gasteiger partial charge in [0.15, 0.2) is 22.2 Å². The summed E-state index contributed by atoms with van der Waals surface area (Å²) in [4.78, 5) is 13.4. The van der Waals surface area contributed by atoms with Gasteiger partial charge in [0.1, 0.15) is 6.79 Å². The molecule has 1 N–H and O–H groups in total.